The van der Waals surface area contributed by atoms with Crippen molar-refractivity contribution in [3.63, 3.8) is 0 Å². The summed E-state index contributed by atoms with van der Waals surface area (Å²) in [5.41, 5.74) is 0.852. The van der Waals surface area contributed by atoms with Crippen molar-refractivity contribution in [1.82, 2.24) is 14.3 Å². The Morgan fingerprint density at radius 1 is 1.12 bits per heavy atom. The second-order valence-corrected chi connectivity index (χ2v) is 8.23. The first-order chi connectivity index (χ1) is 12.4. The quantitative estimate of drug-likeness (QED) is 0.795. The van der Waals surface area contributed by atoms with Crippen LogP contribution in [-0.2, 0) is 10.0 Å². The third-order valence-electron chi connectivity index (χ3n) is 4.31. The summed E-state index contributed by atoms with van der Waals surface area (Å²) in [6.07, 6.45) is 1.18. The molecule has 1 saturated heterocycles. The van der Waals surface area contributed by atoms with Crippen molar-refractivity contribution in [2.24, 2.45) is 0 Å². The van der Waals surface area contributed by atoms with E-state index in [4.69, 9.17) is 9.47 Å². The lowest BCUT2D eigenvalue weighted by Gasteiger charge is -2.31. The van der Waals surface area contributed by atoms with E-state index >= 15 is 0 Å². The molecule has 26 heavy (non-hydrogen) atoms. The number of sulfonamides is 1. The van der Waals surface area contributed by atoms with E-state index in [2.05, 4.69) is 9.97 Å². The predicted molar refractivity (Wildman–Crippen MR) is 96.9 cm³/mol. The molecule has 0 spiro atoms. The Morgan fingerprint density at radius 3 is 2.50 bits per heavy atom. The number of piperidine rings is 1. The van der Waals surface area contributed by atoms with Gasteiger partial charge in [0.15, 0.2) is 0 Å². The van der Waals surface area contributed by atoms with E-state index in [1.807, 2.05) is 13.8 Å². The van der Waals surface area contributed by atoms with Gasteiger partial charge in [0, 0.05) is 30.9 Å². The maximum absolute atomic E-state index is 12.8. The van der Waals surface area contributed by atoms with Crippen molar-refractivity contribution in [3.05, 3.63) is 41.9 Å². The third-order valence-corrected chi connectivity index (χ3v) is 6.20. The van der Waals surface area contributed by atoms with Crippen LogP contribution in [0.5, 0.6) is 11.6 Å². The van der Waals surface area contributed by atoms with E-state index in [1.54, 1.807) is 30.3 Å². The molecule has 0 atom stereocenters. The van der Waals surface area contributed by atoms with Crippen LogP contribution in [-0.4, -0.2) is 49.0 Å². The van der Waals surface area contributed by atoms with Gasteiger partial charge in [0.05, 0.1) is 12.0 Å². The van der Waals surface area contributed by atoms with Gasteiger partial charge in [-0.25, -0.2) is 13.4 Å². The normalized spacial score (nSPS) is 16.4. The number of ether oxygens (including phenoxy) is 2. The van der Waals surface area contributed by atoms with Crippen molar-refractivity contribution in [2.45, 2.75) is 37.7 Å². The summed E-state index contributed by atoms with van der Waals surface area (Å²) in [7, 11) is -2.01. The highest BCUT2D eigenvalue weighted by atomic mass is 32.2. The molecule has 1 aliphatic rings. The Morgan fingerprint density at radius 2 is 1.85 bits per heavy atom. The van der Waals surface area contributed by atoms with Gasteiger partial charge < -0.3 is 9.47 Å². The summed E-state index contributed by atoms with van der Waals surface area (Å²) in [4.78, 5) is 8.76. The average molecular weight is 377 g/mol. The molecule has 0 bridgehead atoms. The molecule has 0 aliphatic carbocycles. The maximum Gasteiger partial charge on any atom is 0.243 e. The van der Waals surface area contributed by atoms with Crippen LogP contribution in [0.25, 0.3) is 0 Å². The van der Waals surface area contributed by atoms with Crippen LogP contribution in [0.4, 0.5) is 0 Å². The summed E-state index contributed by atoms with van der Waals surface area (Å²) < 4.78 is 38.2. The standard InChI is InChI=1S/C18H23N3O4S/c1-13-11-18(20-14(2)19-13)25-15-7-9-21(10-8-15)26(22,23)17-6-4-5-16(12-17)24-3/h4-6,11-12,15H,7-10H2,1-3H3. The van der Waals surface area contributed by atoms with Crippen LogP contribution in [0, 0.1) is 13.8 Å². The van der Waals surface area contributed by atoms with Crippen molar-refractivity contribution in [2.75, 3.05) is 20.2 Å². The van der Waals surface area contributed by atoms with Gasteiger partial charge in [0.2, 0.25) is 15.9 Å². The molecule has 0 unspecified atom stereocenters. The zero-order valence-corrected chi connectivity index (χ0v) is 16.0. The lowest BCUT2D eigenvalue weighted by molar-refractivity contribution is 0.129. The van der Waals surface area contributed by atoms with Crippen molar-refractivity contribution in [1.29, 1.82) is 0 Å². The fourth-order valence-electron chi connectivity index (χ4n) is 3.02. The van der Waals surface area contributed by atoms with E-state index in [0.717, 1.165) is 5.69 Å². The smallest absolute Gasteiger partial charge is 0.243 e. The minimum absolute atomic E-state index is 0.0551. The molecule has 1 fully saturated rings. The van der Waals surface area contributed by atoms with Gasteiger partial charge in [-0.1, -0.05) is 6.07 Å². The molecule has 8 heteroatoms. The van der Waals surface area contributed by atoms with Crippen LogP contribution in [0.15, 0.2) is 35.2 Å². The molecular formula is C18H23N3O4S. The minimum Gasteiger partial charge on any atom is -0.497 e. The van der Waals surface area contributed by atoms with E-state index in [9.17, 15) is 8.42 Å². The zero-order chi connectivity index (χ0) is 18.7. The molecule has 0 amide bonds. The predicted octanol–water partition coefficient (Wildman–Crippen LogP) is 2.33. The molecule has 0 N–H and O–H groups in total. The van der Waals surface area contributed by atoms with E-state index in [0.29, 0.717) is 43.4 Å². The van der Waals surface area contributed by atoms with Gasteiger partial charge in [0.1, 0.15) is 17.7 Å². The van der Waals surface area contributed by atoms with Gasteiger partial charge in [-0.15, -0.1) is 0 Å². The lowest BCUT2D eigenvalue weighted by Crippen LogP contribution is -2.41. The fourth-order valence-corrected chi connectivity index (χ4v) is 4.52. The summed E-state index contributed by atoms with van der Waals surface area (Å²) in [5, 5.41) is 0. The minimum atomic E-state index is -3.53. The topological polar surface area (TPSA) is 81.6 Å². The second-order valence-electron chi connectivity index (χ2n) is 6.30. The van der Waals surface area contributed by atoms with Crippen LogP contribution >= 0.6 is 0 Å². The van der Waals surface area contributed by atoms with Gasteiger partial charge in [-0.05, 0) is 38.8 Å². The maximum atomic E-state index is 12.8. The van der Waals surface area contributed by atoms with E-state index < -0.39 is 10.0 Å². The van der Waals surface area contributed by atoms with Crippen LogP contribution in [0.1, 0.15) is 24.4 Å². The highest BCUT2D eigenvalue weighted by molar-refractivity contribution is 7.89. The number of nitrogens with zero attached hydrogens (tertiary/aromatic N) is 3. The monoisotopic (exact) mass is 377 g/mol. The summed E-state index contributed by atoms with van der Waals surface area (Å²) >= 11 is 0. The number of benzene rings is 1. The van der Waals surface area contributed by atoms with Crippen molar-refractivity contribution >= 4 is 10.0 Å². The molecule has 2 heterocycles. The first kappa shape index (κ1) is 18.6. The fraction of sp³-hybridized carbons (Fsp3) is 0.444. The van der Waals surface area contributed by atoms with Gasteiger partial charge in [-0.2, -0.15) is 9.29 Å². The Bertz CT molecular complexity index is 858. The highest BCUT2D eigenvalue weighted by Crippen LogP contribution is 2.25. The molecule has 0 radical (unpaired) electrons. The average Bonchev–Trinajstić information content (AvgIpc) is 2.61. The van der Waals surface area contributed by atoms with E-state index in [1.165, 1.54) is 11.4 Å². The molecule has 1 aromatic heterocycles. The van der Waals surface area contributed by atoms with Crippen LogP contribution in [0.3, 0.4) is 0 Å². The third kappa shape index (κ3) is 4.13. The number of aromatic nitrogens is 2. The summed E-state index contributed by atoms with van der Waals surface area (Å²) in [6, 6.07) is 8.34. The van der Waals surface area contributed by atoms with Gasteiger partial charge >= 0.3 is 0 Å². The van der Waals surface area contributed by atoms with E-state index in [-0.39, 0.29) is 11.0 Å². The highest BCUT2D eigenvalue weighted by Gasteiger charge is 2.30. The SMILES string of the molecule is COc1cccc(S(=O)(=O)N2CCC(Oc3cc(C)nc(C)n3)CC2)c1. The Labute approximate surface area is 154 Å². The largest absolute Gasteiger partial charge is 0.497 e. The molecular weight excluding hydrogens is 354 g/mol. The van der Waals surface area contributed by atoms with Crippen molar-refractivity contribution < 1.29 is 17.9 Å². The first-order valence-electron chi connectivity index (χ1n) is 8.51. The summed E-state index contributed by atoms with van der Waals surface area (Å²) in [5.74, 6) is 1.74. The molecule has 1 aliphatic heterocycles. The van der Waals surface area contributed by atoms with Crippen molar-refractivity contribution in [3.8, 4) is 11.6 Å². The molecule has 1 aromatic carbocycles. The Kier molecular flexibility index (Phi) is 5.43. The molecule has 7 nitrogen and oxygen atoms in total. The first-order valence-corrected chi connectivity index (χ1v) is 9.95. The second kappa shape index (κ2) is 7.59. The molecule has 3 rings (SSSR count). The Hall–Kier alpha value is -2.19. The molecule has 140 valence electrons. The number of hydrogen-bond donors (Lipinski definition) is 0. The number of aryl methyl sites for hydroxylation is 2. The Balaban J connectivity index is 1.65. The van der Waals surface area contributed by atoms with Gasteiger partial charge in [0.25, 0.3) is 0 Å². The number of hydrogen-bond acceptors (Lipinski definition) is 6. The van der Waals surface area contributed by atoms with Crippen LogP contribution in [0.2, 0.25) is 0 Å². The molecule has 0 saturated carbocycles. The number of methoxy groups -OCH3 is 1. The zero-order valence-electron chi connectivity index (χ0n) is 15.2. The van der Waals surface area contributed by atoms with Crippen LogP contribution < -0.4 is 9.47 Å². The number of rotatable bonds is 5. The molecule has 2 aromatic rings. The van der Waals surface area contributed by atoms with Gasteiger partial charge in [-0.3, -0.25) is 0 Å². The lowest BCUT2D eigenvalue weighted by atomic mass is 10.1. The summed E-state index contributed by atoms with van der Waals surface area (Å²) in [6.45, 7) is 4.54.